The van der Waals surface area contributed by atoms with Gasteiger partial charge in [-0.2, -0.15) is 0 Å². The summed E-state index contributed by atoms with van der Waals surface area (Å²) in [6.07, 6.45) is 3.85. The number of nitrogens with two attached hydrogens (primary N) is 1. The van der Waals surface area contributed by atoms with Gasteiger partial charge in [0.2, 0.25) is 0 Å². The van der Waals surface area contributed by atoms with E-state index in [1.807, 2.05) is 19.1 Å². The van der Waals surface area contributed by atoms with Crippen LogP contribution in [-0.4, -0.2) is 11.0 Å². The lowest BCUT2D eigenvalue weighted by Crippen LogP contribution is -2.31. The molecule has 0 bridgehead atoms. The van der Waals surface area contributed by atoms with E-state index in [0.29, 0.717) is 10.8 Å². The molecule has 0 saturated heterocycles. The van der Waals surface area contributed by atoms with Gasteiger partial charge in [0.1, 0.15) is 11.9 Å². The SMILES string of the molecule is CCC(N)C(Oc1cncc(Cl)c1)c1cccc(C)c1. The predicted molar refractivity (Wildman–Crippen MR) is 82.1 cm³/mol. The predicted octanol–water partition coefficient (Wildman–Crippen LogP) is 3.90. The molecule has 2 unspecified atom stereocenters. The molecule has 106 valence electrons. The van der Waals surface area contributed by atoms with Gasteiger partial charge in [0, 0.05) is 18.3 Å². The van der Waals surface area contributed by atoms with Crippen LogP contribution in [0.2, 0.25) is 5.02 Å². The number of halogens is 1. The number of ether oxygens (including phenoxy) is 1. The first-order chi connectivity index (χ1) is 9.60. The zero-order valence-electron chi connectivity index (χ0n) is 11.7. The highest BCUT2D eigenvalue weighted by atomic mass is 35.5. The normalized spacial score (nSPS) is 13.8. The number of benzene rings is 1. The van der Waals surface area contributed by atoms with Crippen LogP contribution < -0.4 is 10.5 Å². The van der Waals surface area contributed by atoms with E-state index in [-0.39, 0.29) is 12.1 Å². The Morgan fingerprint density at radius 2 is 2.10 bits per heavy atom. The van der Waals surface area contributed by atoms with Crippen molar-refractivity contribution in [2.24, 2.45) is 5.73 Å². The third-order valence-electron chi connectivity index (χ3n) is 3.17. The van der Waals surface area contributed by atoms with Crippen molar-refractivity contribution >= 4 is 11.6 Å². The van der Waals surface area contributed by atoms with Crippen LogP contribution in [0.4, 0.5) is 0 Å². The molecule has 1 heterocycles. The summed E-state index contributed by atoms with van der Waals surface area (Å²) in [4.78, 5) is 4.04. The second kappa shape index (κ2) is 6.73. The highest BCUT2D eigenvalue weighted by Crippen LogP contribution is 2.27. The van der Waals surface area contributed by atoms with Crippen LogP contribution in [0, 0.1) is 6.92 Å². The maximum absolute atomic E-state index is 6.21. The molecule has 0 saturated carbocycles. The van der Waals surface area contributed by atoms with Gasteiger partial charge < -0.3 is 10.5 Å². The van der Waals surface area contributed by atoms with E-state index in [0.717, 1.165) is 12.0 Å². The first-order valence-corrected chi connectivity index (χ1v) is 7.07. The molecule has 0 spiro atoms. The summed E-state index contributed by atoms with van der Waals surface area (Å²) in [6, 6.07) is 9.86. The zero-order valence-corrected chi connectivity index (χ0v) is 12.5. The number of aromatic nitrogens is 1. The average Bonchev–Trinajstić information content (AvgIpc) is 2.44. The van der Waals surface area contributed by atoms with Gasteiger partial charge in [-0.1, -0.05) is 48.4 Å². The molecular formula is C16H19ClN2O. The Morgan fingerprint density at radius 3 is 2.75 bits per heavy atom. The Bertz CT molecular complexity index is 574. The van der Waals surface area contributed by atoms with E-state index >= 15 is 0 Å². The molecule has 3 nitrogen and oxygen atoms in total. The van der Waals surface area contributed by atoms with Gasteiger partial charge in [-0.15, -0.1) is 0 Å². The van der Waals surface area contributed by atoms with Crippen molar-refractivity contribution in [3.05, 3.63) is 58.9 Å². The Kier molecular flexibility index (Phi) is 4.99. The number of hydrogen-bond donors (Lipinski definition) is 1. The lowest BCUT2D eigenvalue weighted by Gasteiger charge is -2.25. The van der Waals surface area contributed by atoms with Crippen LogP contribution in [0.1, 0.15) is 30.6 Å². The van der Waals surface area contributed by atoms with E-state index in [9.17, 15) is 0 Å². The summed E-state index contributed by atoms with van der Waals surface area (Å²) in [5.74, 6) is 0.632. The van der Waals surface area contributed by atoms with Crippen LogP contribution in [0.15, 0.2) is 42.7 Å². The lowest BCUT2D eigenvalue weighted by molar-refractivity contribution is 0.170. The molecule has 2 N–H and O–H groups in total. The number of aryl methyl sites for hydroxylation is 1. The van der Waals surface area contributed by atoms with E-state index < -0.39 is 0 Å². The van der Waals surface area contributed by atoms with Gasteiger partial charge in [0.25, 0.3) is 0 Å². The molecule has 0 aliphatic rings. The smallest absolute Gasteiger partial charge is 0.140 e. The molecule has 2 rings (SSSR count). The van der Waals surface area contributed by atoms with Crippen molar-refractivity contribution in [3.63, 3.8) is 0 Å². The highest BCUT2D eigenvalue weighted by molar-refractivity contribution is 6.30. The standard InChI is InChI=1S/C16H19ClN2O/c1-3-15(18)16(12-6-4-5-11(2)7-12)20-14-8-13(17)9-19-10-14/h4-10,15-16H,3,18H2,1-2H3. The Balaban J connectivity index is 2.29. The highest BCUT2D eigenvalue weighted by Gasteiger charge is 2.20. The van der Waals surface area contributed by atoms with Crippen molar-refractivity contribution in [2.45, 2.75) is 32.4 Å². The number of pyridine rings is 1. The van der Waals surface area contributed by atoms with E-state index in [2.05, 4.69) is 24.0 Å². The van der Waals surface area contributed by atoms with Crippen LogP contribution in [0.25, 0.3) is 0 Å². The van der Waals surface area contributed by atoms with Gasteiger partial charge in [-0.05, 0) is 18.9 Å². The minimum atomic E-state index is -0.208. The second-order valence-corrected chi connectivity index (χ2v) is 5.30. The summed E-state index contributed by atoms with van der Waals surface area (Å²) in [6.45, 7) is 4.10. The van der Waals surface area contributed by atoms with Gasteiger partial charge in [-0.3, -0.25) is 4.98 Å². The van der Waals surface area contributed by atoms with Crippen molar-refractivity contribution < 1.29 is 4.74 Å². The van der Waals surface area contributed by atoms with E-state index in [1.165, 1.54) is 5.56 Å². The van der Waals surface area contributed by atoms with Gasteiger partial charge in [-0.25, -0.2) is 0 Å². The molecule has 0 radical (unpaired) electrons. The lowest BCUT2D eigenvalue weighted by atomic mass is 9.99. The Labute approximate surface area is 124 Å². The summed E-state index contributed by atoms with van der Waals surface area (Å²) < 4.78 is 6.02. The monoisotopic (exact) mass is 290 g/mol. The molecule has 4 heteroatoms. The number of nitrogens with zero attached hydrogens (tertiary/aromatic N) is 1. The minimum Gasteiger partial charge on any atom is -0.482 e. The Morgan fingerprint density at radius 1 is 1.30 bits per heavy atom. The fourth-order valence-electron chi connectivity index (χ4n) is 2.07. The Hall–Kier alpha value is -1.58. The first-order valence-electron chi connectivity index (χ1n) is 6.69. The first kappa shape index (κ1) is 14.8. The maximum atomic E-state index is 6.21. The van der Waals surface area contributed by atoms with Gasteiger partial charge in [0.05, 0.1) is 11.2 Å². The topological polar surface area (TPSA) is 48.1 Å². The minimum absolute atomic E-state index is 0.0872. The van der Waals surface area contributed by atoms with E-state index in [1.54, 1.807) is 18.5 Å². The maximum Gasteiger partial charge on any atom is 0.140 e. The zero-order chi connectivity index (χ0) is 14.5. The molecule has 1 aromatic heterocycles. The average molecular weight is 291 g/mol. The molecule has 20 heavy (non-hydrogen) atoms. The summed E-state index contributed by atoms with van der Waals surface area (Å²) in [7, 11) is 0. The fourth-order valence-corrected chi connectivity index (χ4v) is 2.23. The van der Waals surface area contributed by atoms with Gasteiger partial charge >= 0.3 is 0 Å². The van der Waals surface area contributed by atoms with Gasteiger partial charge in [0.15, 0.2) is 0 Å². The van der Waals surface area contributed by atoms with Crippen molar-refractivity contribution in [2.75, 3.05) is 0 Å². The molecule has 1 aromatic carbocycles. The van der Waals surface area contributed by atoms with Crippen LogP contribution in [0.5, 0.6) is 5.75 Å². The van der Waals surface area contributed by atoms with Crippen LogP contribution in [0.3, 0.4) is 0 Å². The third kappa shape index (κ3) is 3.71. The largest absolute Gasteiger partial charge is 0.482 e. The van der Waals surface area contributed by atoms with Crippen molar-refractivity contribution in [1.82, 2.24) is 4.98 Å². The second-order valence-electron chi connectivity index (χ2n) is 4.86. The number of rotatable bonds is 5. The molecule has 2 aromatic rings. The summed E-state index contributed by atoms with van der Waals surface area (Å²) in [5, 5.41) is 0.551. The van der Waals surface area contributed by atoms with Crippen LogP contribution in [-0.2, 0) is 0 Å². The molecule has 2 atom stereocenters. The fraction of sp³-hybridized carbons (Fsp3) is 0.312. The van der Waals surface area contributed by atoms with Crippen molar-refractivity contribution in [3.8, 4) is 5.75 Å². The molecule has 0 fully saturated rings. The number of hydrogen-bond acceptors (Lipinski definition) is 3. The summed E-state index contributed by atoms with van der Waals surface area (Å²) in [5.41, 5.74) is 8.46. The van der Waals surface area contributed by atoms with E-state index in [4.69, 9.17) is 22.1 Å². The molecule has 0 amide bonds. The molecular weight excluding hydrogens is 272 g/mol. The molecule has 0 aliphatic carbocycles. The van der Waals surface area contributed by atoms with Crippen molar-refractivity contribution in [1.29, 1.82) is 0 Å². The third-order valence-corrected chi connectivity index (χ3v) is 3.38. The molecule has 0 aliphatic heterocycles. The van der Waals surface area contributed by atoms with Crippen LogP contribution >= 0.6 is 11.6 Å². The summed E-state index contributed by atoms with van der Waals surface area (Å²) >= 11 is 5.94. The quantitative estimate of drug-likeness (QED) is 0.908.